The molecule has 0 aromatic heterocycles. The molecule has 1 aromatic carbocycles. The Morgan fingerprint density at radius 1 is 1.42 bits per heavy atom. The monoisotopic (exact) mass is 373 g/mol. The zero-order valence-corrected chi connectivity index (χ0v) is 15.2. The minimum absolute atomic E-state index is 0.121. The van der Waals surface area contributed by atoms with Gasteiger partial charge in [0.25, 0.3) is 0 Å². The summed E-state index contributed by atoms with van der Waals surface area (Å²) in [5.74, 6) is -1.70. The highest BCUT2D eigenvalue weighted by Crippen LogP contribution is 2.56. The van der Waals surface area contributed by atoms with Gasteiger partial charge in [0.05, 0.1) is 24.7 Å². The van der Waals surface area contributed by atoms with Gasteiger partial charge in [0.15, 0.2) is 0 Å². The number of halogens is 1. The summed E-state index contributed by atoms with van der Waals surface area (Å²) in [5.41, 5.74) is -0.0920. The van der Waals surface area contributed by atoms with E-state index in [0.29, 0.717) is 11.4 Å². The first-order valence-electron chi connectivity index (χ1n) is 8.77. The van der Waals surface area contributed by atoms with Crippen LogP contribution in [0.15, 0.2) is 49.1 Å². The lowest BCUT2D eigenvalue weighted by Gasteiger charge is -2.32. The maximum Gasteiger partial charge on any atom is 0.312 e. The number of carbonyl (C=O) groups excluding carboxylic acids is 2. The second kappa shape index (κ2) is 6.25. The molecule has 0 saturated carbocycles. The predicted molar refractivity (Wildman–Crippen MR) is 97.9 cm³/mol. The molecule has 3 aliphatic heterocycles. The van der Waals surface area contributed by atoms with E-state index in [9.17, 15) is 9.59 Å². The smallest absolute Gasteiger partial charge is 0.312 e. The van der Waals surface area contributed by atoms with Crippen LogP contribution in [0.4, 0.5) is 5.69 Å². The Balaban J connectivity index is 1.78. The van der Waals surface area contributed by atoms with Gasteiger partial charge >= 0.3 is 5.97 Å². The van der Waals surface area contributed by atoms with Crippen molar-refractivity contribution in [1.82, 2.24) is 0 Å². The van der Waals surface area contributed by atoms with Gasteiger partial charge in [-0.25, -0.2) is 0 Å². The van der Waals surface area contributed by atoms with E-state index in [4.69, 9.17) is 21.1 Å². The van der Waals surface area contributed by atoms with E-state index >= 15 is 0 Å². The van der Waals surface area contributed by atoms with Gasteiger partial charge in [-0.1, -0.05) is 29.8 Å². The number of fused-ring (bicyclic) bond motifs is 1. The lowest BCUT2D eigenvalue weighted by atomic mass is 9.74. The van der Waals surface area contributed by atoms with Crippen LogP contribution in [0.2, 0.25) is 5.02 Å². The maximum absolute atomic E-state index is 13.4. The molecule has 1 amide bonds. The molecule has 136 valence electrons. The number of esters is 1. The van der Waals surface area contributed by atoms with Gasteiger partial charge in [-0.05, 0) is 37.6 Å². The molecule has 2 fully saturated rings. The minimum atomic E-state index is -0.826. The van der Waals surface area contributed by atoms with Crippen molar-refractivity contribution in [2.75, 3.05) is 11.5 Å². The summed E-state index contributed by atoms with van der Waals surface area (Å²) < 4.78 is 11.4. The summed E-state index contributed by atoms with van der Waals surface area (Å²) >= 11 is 5.99. The van der Waals surface area contributed by atoms with Crippen LogP contribution < -0.4 is 4.90 Å². The highest BCUT2D eigenvalue weighted by molar-refractivity contribution is 6.30. The first-order valence-corrected chi connectivity index (χ1v) is 9.14. The number of amides is 1. The number of benzene rings is 1. The van der Waals surface area contributed by atoms with Crippen molar-refractivity contribution < 1.29 is 19.1 Å². The molecule has 3 heterocycles. The fraction of sp³-hybridized carbons (Fsp3) is 0.400. The quantitative estimate of drug-likeness (QED) is 0.587. The lowest BCUT2D eigenvalue weighted by molar-refractivity contribution is -0.151. The number of carbonyl (C=O) groups is 2. The van der Waals surface area contributed by atoms with Gasteiger partial charge in [0, 0.05) is 10.7 Å². The third-order valence-electron chi connectivity index (χ3n) is 5.48. The van der Waals surface area contributed by atoms with Crippen molar-refractivity contribution in [3.63, 3.8) is 0 Å². The van der Waals surface area contributed by atoms with Gasteiger partial charge in [0.1, 0.15) is 11.5 Å². The molecule has 6 heteroatoms. The van der Waals surface area contributed by atoms with Crippen LogP contribution in [-0.2, 0) is 19.1 Å². The van der Waals surface area contributed by atoms with Crippen LogP contribution in [0.3, 0.4) is 0 Å². The molecule has 3 aliphatic rings. The normalized spacial score (nSPS) is 34.2. The van der Waals surface area contributed by atoms with Crippen molar-refractivity contribution in [3.05, 3.63) is 54.1 Å². The molecule has 1 aromatic rings. The third kappa shape index (κ3) is 2.27. The molecule has 0 aliphatic carbocycles. The van der Waals surface area contributed by atoms with E-state index < -0.39 is 23.5 Å². The summed E-state index contributed by atoms with van der Waals surface area (Å²) in [5, 5.41) is 0.598. The molecule has 1 spiro atoms. The van der Waals surface area contributed by atoms with Gasteiger partial charge in [-0.2, -0.15) is 0 Å². The number of nitrogens with zero attached hydrogens (tertiary/aromatic N) is 1. The molecule has 2 saturated heterocycles. The van der Waals surface area contributed by atoms with Crippen LogP contribution in [0.5, 0.6) is 0 Å². The number of hydrogen-bond donors (Lipinski definition) is 0. The zero-order chi connectivity index (χ0) is 18.5. The Kier molecular flexibility index (Phi) is 4.16. The summed E-state index contributed by atoms with van der Waals surface area (Å²) in [6.45, 7) is 5.87. The third-order valence-corrected chi connectivity index (χ3v) is 5.73. The van der Waals surface area contributed by atoms with Crippen LogP contribution in [0.1, 0.15) is 13.3 Å². The van der Waals surface area contributed by atoms with Crippen molar-refractivity contribution in [2.24, 2.45) is 11.8 Å². The molecular formula is C20H20ClNO4. The molecule has 0 radical (unpaired) electrons. The molecule has 0 unspecified atom stereocenters. The predicted octanol–water partition coefficient (Wildman–Crippen LogP) is 3.13. The first-order chi connectivity index (χ1) is 12.5. The van der Waals surface area contributed by atoms with E-state index in [0.717, 1.165) is 5.69 Å². The van der Waals surface area contributed by atoms with E-state index in [1.807, 2.05) is 24.3 Å². The number of anilines is 1. The van der Waals surface area contributed by atoms with Crippen molar-refractivity contribution in [1.29, 1.82) is 0 Å². The van der Waals surface area contributed by atoms with Crippen LogP contribution in [0, 0.1) is 11.8 Å². The summed E-state index contributed by atoms with van der Waals surface area (Å²) in [4.78, 5) is 27.6. The number of ether oxygens (including phenoxy) is 2. The van der Waals surface area contributed by atoms with Crippen molar-refractivity contribution >= 4 is 29.2 Å². The minimum Gasteiger partial charge on any atom is -0.466 e. The number of hydrogen-bond acceptors (Lipinski definition) is 4. The van der Waals surface area contributed by atoms with Crippen LogP contribution in [-0.4, -0.2) is 36.2 Å². The summed E-state index contributed by atoms with van der Waals surface area (Å²) in [7, 11) is 0. The standard InChI is InChI=1S/C20H20ClNO4/c1-3-5-15-20-11-10-14(26-20)16(19(24)25-4-2)17(20)18(23)22(15)13-8-6-12(21)7-9-13/h3,6-11,14-17H,1,4-5H2,2H3/t14-,15+,16+,17+,20-/m1/s1. The molecule has 5 nitrogen and oxygen atoms in total. The highest BCUT2D eigenvalue weighted by Gasteiger charge is 2.71. The Bertz CT molecular complexity index is 790. The molecular weight excluding hydrogens is 354 g/mol. The highest BCUT2D eigenvalue weighted by atomic mass is 35.5. The summed E-state index contributed by atoms with van der Waals surface area (Å²) in [6.07, 6.45) is 5.74. The van der Waals surface area contributed by atoms with Crippen molar-refractivity contribution in [3.8, 4) is 0 Å². The average Bonchev–Trinajstić information content (AvgIpc) is 3.26. The fourth-order valence-electron chi connectivity index (χ4n) is 4.51. The Hall–Kier alpha value is -2.11. The lowest BCUT2D eigenvalue weighted by Crippen LogP contribution is -2.45. The van der Waals surface area contributed by atoms with Crippen LogP contribution in [0.25, 0.3) is 0 Å². The van der Waals surface area contributed by atoms with Gasteiger partial charge < -0.3 is 14.4 Å². The van der Waals surface area contributed by atoms with Gasteiger partial charge in [-0.15, -0.1) is 6.58 Å². The Morgan fingerprint density at radius 3 is 2.81 bits per heavy atom. The first kappa shape index (κ1) is 17.3. The van der Waals surface area contributed by atoms with Crippen molar-refractivity contribution in [2.45, 2.75) is 31.1 Å². The summed E-state index contributed by atoms with van der Waals surface area (Å²) in [6, 6.07) is 6.85. The Morgan fingerprint density at radius 2 is 2.15 bits per heavy atom. The van der Waals surface area contributed by atoms with Crippen LogP contribution >= 0.6 is 11.6 Å². The average molecular weight is 374 g/mol. The molecule has 0 N–H and O–H groups in total. The Labute approximate surface area is 157 Å². The second-order valence-corrected chi connectivity index (χ2v) is 7.21. The van der Waals surface area contributed by atoms with Gasteiger partial charge in [0.2, 0.25) is 5.91 Å². The fourth-order valence-corrected chi connectivity index (χ4v) is 4.64. The topological polar surface area (TPSA) is 55.8 Å². The molecule has 4 rings (SSSR count). The van der Waals surface area contributed by atoms with Gasteiger partial charge in [-0.3, -0.25) is 9.59 Å². The molecule has 2 bridgehead atoms. The maximum atomic E-state index is 13.4. The zero-order valence-electron chi connectivity index (χ0n) is 14.4. The van der Waals surface area contributed by atoms with E-state index in [2.05, 4.69) is 6.58 Å². The van der Waals surface area contributed by atoms with E-state index in [1.165, 1.54) is 0 Å². The molecule has 5 atom stereocenters. The van der Waals surface area contributed by atoms with E-state index in [-0.39, 0.29) is 24.5 Å². The number of rotatable bonds is 5. The largest absolute Gasteiger partial charge is 0.466 e. The SMILES string of the molecule is C=CC[C@@H]1N(c2ccc(Cl)cc2)C(=O)[C@@H]2[C@@H](C(=O)OCC)[C@H]3C=C[C@]21O3. The molecule has 26 heavy (non-hydrogen) atoms. The second-order valence-electron chi connectivity index (χ2n) is 6.78. The van der Waals surface area contributed by atoms with E-state index in [1.54, 1.807) is 30.0 Å².